The summed E-state index contributed by atoms with van der Waals surface area (Å²) in [5, 5.41) is 31.4. The Morgan fingerprint density at radius 3 is 2.42 bits per heavy atom. The number of nitrogens with zero attached hydrogens (tertiary/aromatic N) is 3. The van der Waals surface area contributed by atoms with Crippen LogP contribution in [0.4, 0.5) is 0 Å². The molecule has 0 aromatic heterocycles. The highest BCUT2D eigenvalue weighted by Gasteiger charge is 2.31. The fourth-order valence-corrected chi connectivity index (χ4v) is 3.36. The van der Waals surface area contributed by atoms with Crippen LogP contribution in [0.15, 0.2) is 58.3 Å². The summed E-state index contributed by atoms with van der Waals surface area (Å²) in [6, 6.07) is 15.9. The van der Waals surface area contributed by atoms with Gasteiger partial charge in [0.05, 0.1) is 11.3 Å². The van der Waals surface area contributed by atoms with Crippen molar-refractivity contribution in [3.05, 3.63) is 63.9 Å². The number of rotatable bonds is 1. The van der Waals surface area contributed by atoms with E-state index in [0.717, 1.165) is 41.7 Å². The summed E-state index contributed by atoms with van der Waals surface area (Å²) in [5.41, 5.74) is 4.76. The average molecular weight is 312 g/mol. The summed E-state index contributed by atoms with van der Waals surface area (Å²) in [5.74, 6) is 0.482. The molecule has 4 heteroatoms. The molecule has 0 amide bonds. The SMILES string of the molecule is C[C@H]1CCC2=C(c3ccccc3)NC(=C(C#N)C#N)C(C#N)=C2C1. The number of hydrogen-bond donors (Lipinski definition) is 1. The third-order valence-electron chi connectivity index (χ3n) is 4.56. The first-order chi connectivity index (χ1) is 11.7. The molecule has 0 radical (unpaired) electrons. The first kappa shape index (κ1) is 15.6. The summed E-state index contributed by atoms with van der Waals surface area (Å²) in [4.78, 5) is 0. The molecule has 1 aromatic rings. The van der Waals surface area contributed by atoms with Gasteiger partial charge >= 0.3 is 0 Å². The van der Waals surface area contributed by atoms with Gasteiger partial charge in [0.25, 0.3) is 0 Å². The smallest absolute Gasteiger partial charge is 0.154 e. The van der Waals surface area contributed by atoms with Gasteiger partial charge in [-0.1, -0.05) is 37.3 Å². The highest BCUT2D eigenvalue weighted by molar-refractivity contribution is 5.79. The molecule has 24 heavy (non-hydrogen) atoms. The standard InChI is InChI=1S/C20H16N4/c1-13-7-8-16-17(9-13)18(12-23)20(15(10-21)11-22)24-19(16)14-5-3-2-4-6-14/h2-6,13,24H,7-9H2,1H3/t13-/m0/s1. The molecular formula is C20H16N4. The zero-order chi connectivity index (χ0) is 17.1. The van der Waals surface area contributed by atoms with Crippen molar-refractivity contribution < 1.29 is 0 Å². The Balaban J connectivity index is 2.29. The Hall–Kier alpha value is -3.29. The molecule has 0 unspecified atom stereocenters. The molecule has 1 atom stereocenters. The monoisotopic (exact) mass is 312 g/mol. The van der Waals surface area contributed by atoms with Gasteiger partial charge in [-0.2, -0.15) is 15.8 Å². The maximum Gasteiger partial charge on any atom is 0.154 e. The minimum atomic E-state index is -0.0512. The number of allylic oxidation sites excluding steroid dienone is 4. The molecule has 116 valence electrons. The fraction of sp³-hybridized carbons (Fsp3) is 0.250. The molecular weight excluding hydrogens is 296 g/mol. The van der Waals surface area contributed by atoms with Gasteiger partial charge in [-0.3, -0.25) is 0 Å². The van der Waals surface area contributed by atoms with E-state index in [4.69, 9.17) is 0 Å². The molecule has 1 heterocycles. The number of nitriles is 3. The summed E-state index contributed by atoms with van der Waals surface area (Å²) < 4.78 is 0. The van der Waals surface area contributed by atoms with Gasteiger partial charge in [0.1, 0.15) is 18.2 Å². The minimum Gasteiger partial charge on any atom is -0.352 e. The largest absolute Gasteiger partial charge is 0.352 e. The summed E-state index contributed by atoms with van der Waals surface area (Å²) >= 11 is 0. The predicted molar refractivity (Wildman–Crippen MR) is 90.4 cm³/mol. The van der Waals surface area contributed by atoms with Crippen molar-refractivity contribution in [2.75, 3.05) is 0 Å². The number of dihydropyridines is 1. The van der Waals surface area contributed by atoms with Crippen LogP contribution in [0.5, 0.6) is 0 Å². The lowest BCUT2D eigenvalue weighted by atomic mass is 9.76. The molecule has 3 rings (SSSR count). The van der Waals surface area contributed by atoms with E-state index in [0.29, 0.717) is 17.2 Å². The topological polar surface area (TPSA) is 83.4 Å². The van der Waals surface area contributed by atoms with Crippen LogP contribution in [0, 0.1) is 39.9 Å². The third-order valence-corrected chi connectivity index (χ3v) is 4.56. The van der Waals surface area contributed by atoms with Crippen molar-refractivity contribution in [2.45, 2.75) is 26.2 Å². The van der Waals surface area contributed by atoms with E-state index < -0.39 is 0 Å². The van der Waals surface area contributed by atoms with E-state index >= 15 is 0 Å². The van der Waals surface area contributed by atoms with Gasteiger partial charge in [0.15, 0.2) is 5.57 Å². The maximum atomic E-state index is 9.66. The molecule has 4 nitrogen and oxygen atoms in total. The van der Waals surface area contributed by atoms with Crippen molar-refractivity contribution in [2.24, 2.45) is 5.92 Å². The van der Waals surface area contributed by atoms with Gasteiger partial charge in [-0.25, -0.2) is 0 Å². The van der Waals surface area contributed by atoms with Crippen LogP contribution in [-0.4, -0.2) is 0 Å². The second kappa shape index (κ2) is 6.45. The average Bonchev–Trinajstić information content (AvgIpc) is 2.62. The summed E-state index contributed by atoms with van der Waals surface area (Å²) in [6.07, 6.45) is 2.75. The van der Waals surface area contributed by atoms with Crippen LogP contribution in [-0.2, 0) is 0 Å². The number of fused-ring (bicyclic) bond motifs is 1. The van der Waals surface area contributed by atoms with E-state index in [1.165, 1.54) is 0 Å². The normalized spacial score (nSPS) is 19.6. The molecule has 1 aliphatic carbocycles. The zero-order valence-electron chi connectivity index (χ0n) is 13.4. The Bertz CT molecular complexity index is 880. The lowest BCUT2D eigenvalue weighted by molar-refractivity contribution is 0.494. The molecule has 0 spiro atoms. The molecule has 2 aliphatic rings. The molecule has 1 aromatic carbocycles. The zero-order valence-corrected chi connectivity index (χ0v) is 13.4. The van der Waals surface area contributed by atoms with Crippen molar-refractivity contribution in [3.63, 3.8) is 0 Å². The lowest BCUT2D eigenvalue weighted by Gasteiger charge is -2.33. The van der Waals surface area contributed by atoms with Crippen LogP contribution in [0.3, 0.4) is 0 Å². The van der Waals surface area contributed by atoms with Crippen LogP contribution in [0.1, 0.15) is 31.7 Å². The van der Waals surface area contributed by atoms with Crippen LogP contribution < -0.4 is 5.32 Å². The Labute approximate surface area is 141 Å². The molecule has 1 fully saturated rings. The Morgan fingerprint density at radius 2 is 1.79 bits per heavy atom. The summed E-state index contributed by atoms with van der Waals surface area (Å²) in [7, 11) is 0. The predicted octanol–water partition coefficient (Wildman–Crippen LogP) is 3.94. The molecule has 1 saturated carbocycles. The first-order valence-electron chi connectivity index (χ1n) is 7.93. The number of benzene rings is 1. The highest BCUT2D eigenvalue weighted by Crippen LogP contribution is 2.42. The first-order valence-corrected chi connectivity index (χ1v) is 7.93. The van der Waals surface area contributed by atoms with Gasteiger partial charge in [0, 0.05) is 5.70 Å². The van der Waals surface area contributed by atoms with E-state index in [9.17, 15) is 15.8 Å². The van der Waals surface area contributed by atoms with Crippen molar-refractivity contribution in [1.82, 2.24) is 5.32 Å². The van der Waals surface area contributed by atoms with Gasteiger partial charge in [-0.05, 0) is 41.9 Å². The molecule has 1 N–H and O–H groups in total. The number of nitrogens with one attached hydrogen (secondary N) is 1. The van der Waals surface area contributed by atoms with Crippen molar-refractivity contribution >= 4 is 5.70 Å². The quantitative estimate of drug-likeness (QED) is 0.796. The number of hydrogen-bond acceptors (Lipinski definition) is 4. The lowest BCUT2D eigenvalue weighted by Crippen LogP contribution is -2.26. The van der Waals surface area contributed by atoms with Crippen molar-refractivity contribution in [1.29, 1.82) is 15.8 Å². The van der Waals surface area contributed by atoms with Gasteiger partial charge in [0.2, 0.25) is 0 Å². The maximum absolute atomic E-state index is 9.66. The Morgan fingerprint density at radius 1 is 1.08 bits per heavy atom. The second-order valence-electron chi connectivity index (χ2n) is 6.13. The van der Waals surface area contributed by atoms with Crippen LogP contribution in [0.25, 0.3) is 5.70 Å². The second-order valence-corrected chi connectivity index (χ2v) is 6.13. The minimum absolute atomic E-state index is 0.0512. The Kier molecular flexibility index (Phi) is 4.19. The molecule has 0 saturated heterocycles. The molecule has 1 aliphatic heterocycles. The van der Waals surface area contributed by atoms with E-state index in [1.807, 2.05) is 42.5 Å². The highest BCUT2D eigenvalue weighted by atomic mass is 14.9. The van der Waals surface area contributed by atoms with Crippen LogP contribution in [0.2, 0.25) is 0 Å². The third kappa shape index (κ3) is 2.58. The van der Waals surface area contributed by atoms with Crippen LogP contribution >= 0.6 is 0 Å². The fourth-order valence-electron chi connectivity index (χ4n) is 3.36. The van der Waals surface area contributed by atoms with E-state index in [-0.39, 0.29) is 5.57 Å². The van der Waals surface area contributed by atoms with E-state index in [1.54, 1.807) is 0 Å². The van der Waals surface area contributed by atoms with Crippen molar-refractivity contribution in [3.8, 4) is 18.2 Å². The molecule has 0 bridgehead atoms. The van der Waals surface area contributed by atoms with E-state index in [2.05, 4.69) is 18.3 Å². The summed E-state index contributed by atoms with van der Waals surface area (Å²) in [6.45, 7) is 2.17. The van der Waals surface area contributed by atoms with Gasteiger partial charge < -0.3 is 5.32 Å². The van der Waals surface area contributed by atoms with Gasteiger partial charge in [-0.15, -0.1) is 0 Å².